The van der Waals surface area contributed by atoms with Gasteiger partial charge in [0.1, 0.15) is 5.01 Å². The summed E-state index contributed by atoms with van der Waals surface area (Å²) in [4.78, 5) is 15.5. The molecule has 0 aromatic carbocycles. The number of hydrogen-bond donors (Lipinski definition) is 2. The number of amides is 1. The molecule has 5 nitrogen and oxygen atoms in total. The summed E-state index contributed by atoms with van der Waals surface area (Å²) in [5.74, 6) is -0.0671. The predicted molar refractivity (Wildman–Crippen MR) is 58.4 cm³/mol. The molecule has 1 aromatic rings. The maximum absolute atomic E-state index is 11.4. The lowest BCUT2D eigenvalue weighted by atomic mass is 10.2. The van der Waals surface area contributed by atoms with E-state index in [1.54, 1.807) is 13.3 Å². The molecule has 3 N–H and O–H groups in total. The number of carbonyl (C=O) groups is 1. The Morgan fingerprint density at radius 2 is 2.60 bits per heavy atom. The summed E-state index contributed by atoms with van der Waals surface area (Å²) >= 11 is 1.51. The number of nitrogens with two attached hydrogens (primary N) is 1. The van der Waals surface area contributed by atoms with Crippen LogP contribution >= 0.6 is 11.3 Å². The Balaban J connectivity index is 2.24. The van der Waals surface area contributed by atoms with E-state index in [9.17, 15) is 4.79 Å². The van der Waals surface area contributed by atoms with Crippen LogP contribution in [0.5, 0.6) is 0 Å². The Morgan fingerprint density at radius 3 is 3.13 bits per heavy atom. The largest absolute Gasteiger partial charge is 0.380 e. The number of nitrogens with zero attached hydrogens (tertiary/aromatic N) is 1. The van der Waals surface area contributed by atoms with E-state index < -0.39 is 0 Å². The molecule has 1 atom stereocenters. The minimum absolute atomic E-state index is 0.0671. The zero-order chi connectivity index (χ0) is 11.1. The molecule has 0 bridgehead atoms. The minimum atomic E-state index is -0.207. The second-order valence-corrected chi connectivity index (χ2v) is 3.98. The van der Waals surface area contributed by atoms with E-state index >= 15 is 0 Å². The number of carbonyl (C=O) groups excluding carboxylic acids is 1. The molecule has 0 saturated carbocycles. The van der Waals surface area contributed by atoms with Crippen LogP contribution in [0.1, 0.15) is 11.4 Å². The lowest BCUT2D eigenvalue weighted by Gasteiger charge is -2.11. The van der Waals surface area contributed by atoms with Gasteiger partial charge in [-0.25, -0.2) is 4.98 Å². The van der Waals surface area contributed by atoms with E-state index in [1.165, 1.54) is 11.3 Å². The maximum atomic E-state index is 11.4. The Hall–Kier alpha value is -0.980. The number of methoxy groups -OCH3 is 1. The molecule has 0 saturated heterocycles. The first-order chi connectivity index (χ1) is 7.26. The lowest BCUT2D eigenvalue weighted by molar-refractivity contribution is -0.123. The molecule has 0 spiro atoms. The summed E-state index contributed by atoms with van der Waals surface area (Å²) < 4.78 is 5.01. The van der Waals surface area contributed by atoms with Gasteiger partial charge in [0.05, 0.1) is 19.1 Å². The fourth-order valence-electron chi connectivity index (χ4n) is 1.06. The molecule has 0 fully saturated rings. The highest BCUT2D eigenvalue weighted by Gasteiger charge is 2.11. The molecule has 84 valence electrons. The third-order valence-electron chi connectivity index (χ3n) is 1.93. The molecule has 1 unspecified atom stereocenters. The zero-order valence-corrected chi connectivity index (χ0v) is 9.42. The predicted octanol–water partition coefficient (Wildman–Crippen LogP) is 0.123. The van der Waals surface area contributed by atoms with Gasteiger partial charge in [0.2, 0.25) is 5.91 Å². The molecule has 15 heavy (non-hydrogen) atoms. The van der Waals surface area contributed by atoms with Crippen LogP contribution in [0.4, 0.5) is 0 Å². The third-order valence-corrected chi connectivity index (χ3v) is 2.71. The van der Waals surface area contributed by atoms with Crippen molar-refractivity contribution in [3.05, 3.63) is 16.6 Å². The van der Waals surface area contributed by atoms with Crippen molar-refractivity contribution in [1.82, 2.24) is 10.3 Å². The zero-order valence-electron chi connectivity index (χ0n) is 8.60. The molecule has 0 radical (unpaired) electrons. The monoisotopic (exact) mass is 229 g/mol. The molecule has 1 amide bonds. The van der Waals surface area contributed by atoms with Gasteiger partial charge in [-0.1, -0.05) is 0 Å². The van der Waals surface area contributed by atoms with Gasteiger partial charge < -0.3 is 15.8 Å². The highest BCUT2D eigenvalue weighted by molar-refractivity contribution is 7.09. The van der Waals surface area contributed by atoms with Gasteiger partial charge in [0.15, 0.2) is 0 Å². The number of aromatic nitrogens is 1. The van der Waals surface area contributed by atoms with Gasteiger partial charge in [-0.3, -0.25) is 4.79 Å². The topological polar surface area (TPSA) is 77.2 Å². The number of thiazole rings is 1. The van der Waals surface area contributed by atoms with Crippen LogP contribution in [0.2, 0.25) is 0 Å². The van der Waals surface area contributed by atoms with Gasteiger partial charge in [0.25, 0.3) is 0 Å². The normalized spacial score (nSPS) is 12.4. The fraction of sp³-hybridized carbons (Fsp3) is 0.556. The molecule has 0 aliphatic heterocycles. The average Bonchev–Trinajstić information content (AvgIpc) is 2.75. The quantitative estimate of drug-likeness (QED) is 0.726. The Kier molecular flexibility index (Phi) is 5.23. The third kappa shape index (κ3) is 4.37. The first kappa shape index (κ1) is 12.1. The van der Waals surface area contributed by atoms with Crippen molar-refractivity contribution in [2.45, 2.75) is 19.1 Å². The van der Waals surface area contributed by atoms with Gasteiger partial charge in [-0.15, -0.1) is 11.3 Å². The Morgan fingerprint density at radius 1 is 1.80 bits per heavy atom. The van der Waals surface area contributed by atoms with Crippen molar-refractivity contribution >= 4 is 17.2 Å². The van der Waals surface area contributed by atoms with E-state index in [1.807, 2.05) is 5.38 Å². The van der Waals surface area contributed by atoms with Crippen LogP contribution in [0.15, 0.2) is 11.6 Å². The van der Waals surface area contributed by atoms with Gasteiger partial charge >= 0.3 is 0 Å². The Bertz CT molecular complexity index is 286. The van der Waals surface area contributed by atoms with E-state index in [-0.39, 0.29) is 12.0 Å². The van der Waals surface area contributed by atoms with E-state index in [0.717, 1.165) is 5.01 Å². The summed E-state index contributed by atoms with van der Waals surface area (Å²) in [5.41, 5.74) is 5.41. The fourth-order valence-corrected chi connectivity index (χ4v) is 1.61. The molecule has 1 heterocycles. The van der Waals surface area contributed by atoms with Crippen LogP contribution in [-0.4, -0.2) is 30.6 Å². The lowest BCUT2D eigenvalue weighted by Crippen LogP contribution is -2.31. The van der Waals surface area contributed by atoms with Gasteiger partial charge in [-0.05, 0) is 0 Å². The number of hydrogen-bond acceptors (Lipinski definition) is 5. The smallest absolute Gasteiger partial charge is 0.223 e. The summed E-state index contributed by atoms with van der Waals surface area (Å²) in [6, 6.07) is 0. The maximum Gasteiger partial charge on any atom is 0.223 e. The molecule has 0 aliphatic rings. The highest BCUT2D eigenvalue weighted by Crippen LogP contribution is 2.03. The van der Waals surface area contributed by atoms with Crippen molar-refractivity contribution in [1.29, 1.82) is 0 Å². The van der Waals surface area contributed by atoms with Crippen molar-refractivity contribution < 1.29 is 9.53 Å². The standard InChI is InChI=1S/C9H15N3O2S/c1-14-7(5-10)4-8(13)12-6-9-11-2-3-15-9/h2-3,7H,4-6,10H2,1H3,(H,12,13). The van der Waals surface area contributed by atoms with Crippen LogP contribution in [0.25, 0.3) is 0 Å². The summed E-state index contributed by atoms with van der Waals surface area (Å²) in [7, 11) is 1.55. The van der Waals surface area contributed by atoms with Crippen molar-refractivity contribution in [2.75, 3.05) is 13.7 Å². The molecular weight excluding hydrogens is 214 g/mol. The summed E-state index contributed by atoms with van der Waals surface area (Å²) in [5, 5.41) is 5.53. The molecule has 6 heteroatoms. The van der Waals surface area contributed by atoms with Crippen LogP contribution in [0.3, 0.4) is 0 Å². The van der Waals surface area contributed by atoms with E-state index in [0.29, 0.717) is 19.5 Å². The van der Waals surface area contributed by atoms with Crippen LogP contribution in [-0.2, 0) is 16.1 Å². The highest BCUT2D eigenvalue weighted by atomic mass is 32.1. The second kappa shape index (κ2) is 6.49. The Labute approximate surface area is 92.6 Å². The van der Waals surface area contributed by atoms with E-state index in [2.05, 4.69) is 10.3 Å². The van der Waals surface area contributed by atoms with Gasteiger partial charge in [0, 0.05) is 25.2 Å². The number of ether oxygens (including phenoxy) is 1. The number of rotatable bonds is 6. The SMILES string of the molecule is COC(CN)CC(=O)NCc1nccs1. The van der Waals surface area contributed by atoms with Crippen molar-refractivity contribution in [3.63, 3.8) is 0 Å². The first-order valence-electron chi connectivity index (χ1n) is 4.64. The van der Waals surface area contributed by atoms with E-state index in [4.69, 9.17) is 10.5 Å². The van der Waals surface area contributed by atoms with Crippen molar-refractivity contribution in [3.8, 4) is 0 Å². The van der Waals surface area contributed by atoms with Gasteiger partial charge in [-0.2, -0.15) is 0 Å². The van der Waals surface area contributed by atoms with Crippen molar-refractivity contribution in [2.24, 2.45) is 5.73 Å². The minimum Gasteiger partial charge on any atom is -0.380 e. The molecule has 1 rings (SSSR count). The number of nitrogens with one attached hydrogen (secondary N) is 1. The molecule has 1 aromatic heterocycles. The van der Waals surface area contributed by atoms with Crippen LogP contribution < -0.4 is 11.1 Å². The van der Waals surface area contributed by atoms with Crippen LogP contribution in [0, 0.1) is 0 Å². The first-order valence-corrected chi connectivity index (χ1v) is 5.52. The molecule has 0 aliphatic carbocycles. The second-order valence-electron chi connectivity index (χ2n) is 3.00. The average molecular weight is 229 g/mol. The summed E-state index contributed by atoms with van der Waals surface area (Å²) in [6.45, 7) is 0.818. The molecular formula is C9H15N3O2S. The summed E-state index contributed by atoms with van der Waals surface area (Å²) in [6.07, 6.45) is 1.80.